The molecular formula is C21H26N2O3S2. The number of hydrogen-bond acceptors (Lipinski definition) is 5. The number of carbonyl (C=O) groups is 1. The summed E-state index contributed by atoms with van der Waals surface area (Å²) in [6.07, 6.45) is 2.78. The Morgan fingerprint density at radius 2 is 1.93 bits per heavy atom. The van der Waals surface area contributed by atoms with E-state index in [2.05, 4.69) is 13.8 Å². The summed E-state index contributed by atoms with van der Waals surface area (Å²) in [6, 6.07) is 9.59. The highest BCUT2D eigenvalue weighted by atomic mass is 32.2. The topological polar surface area (TPSA) is 66.8 Å². The van der Waals surface area contributed by atoms with Crippen LogP contribution < -0.4 is 0 Å². The van der Waals surface area contributed by atoms with E-state index >= 15 is 0 Å². The smallest absolute Gasteiger partial charge is 0.264 e. The van der Waals surface area contributed by atoms with Crippen LogP contribution in [0.4, 0.5) is 0 Å². The minimum Gasteiger partial charge on any atom is -0.271 e. The Labute approximate surface area is 171 Å². The van der Waals surface area contributed by atoms with E-state index in [9.17, 15) is 13.2 Å². The highest BCUT2D eigenvalue weighted by Crippen LogP contribution is 2.70. The number of sulfonamides is 1. The third-order valence-electron chi connectivity index (χ3n) is 7.93. The first kappa shape index (κ1) is 18.7. The summed E-state index contributed by atoms with van der Waals surface area (Å²) < 4.78 is 27.6. The molecule has 5 nitrogen and oxygen atoms in total. The molecule has 1 aromatic rings. The Kier molecular flexibility index (Phi) is 3.75. The summed E-state index contributed by atoms with van der Waals surface area (Å²) >= 11 is 1.54. The van der Waals surface area contributed by atoms with Crippen molar-refractivity contribution in [3.8, 4) is 0 Å². The molecule has 1 amide bonds. The van der Waals surface area contributed by atoms with Crippen molar-refractivity contribution in [2.24, 2.45) is 21.7 Å². The van der Waals surface area contributed by atoms with E-state index in [1.54, 1.807) is 6.92 Å². The van der Waals surface area contributed by atoms with Gasteiger partial charge in [0, 0.05) is 16.7 Å². The number of rotatable bonds is 2. The van der Waals surface area contributed by atoms with Crippen LogP contribution in [0.5, 0.6) is 0 Å². The first-order chi connectivity index (χ1) is 13.1. The standard InChI is InChI=1S/C21H26N2O3S2/c1-19(2)15-9-10-21(19)13-28(25,26)23(16(21)11-15)18(24)20(3)12-27-17(22-20)14-7-5-4-6-8-14/h4-8,15-16H,9-13H2,1-3H3/t15-,16-,20+,21-/m1/s1. The van der Waals surface area contributed by atoms with Gasteiger partial charge >= 0.3 is 0 Å². The van der Waals surface area contributed by atoms with Crippen molar-refractivity contribution in [1.29, 1.82) is 0 Å². The fourth-order valence-electron chi connectivity index (χ4n) is 6.13. The first-order valence-electron chi connectivity index (χ1n) is 9.95. The van der Waals surface area contributed by atoms with E-state index in [1.807, 2.05) is 30.3 Å². The third kappa shape index (κ3) is 2.23. The Morgan fingerprint density at radius 1 is 1.21 bits per heavy atom. The van der Waals surface area contributed by atoms with Crippen LogP contribution in [0.15, 0.2) is 35.3 Å². The molecule has 1 aromatic carbocycles. The van der Waals surface area contributed by atoms with E-state index in [-0.39, 0.29) is 28.5 Å². The zero-order chi connectivity index (χ0) is 19.9. The van der Waals surface area contributed by atoms with E-state index in [0.29, 0.717) is 11.7 Å². The Hall–Kier alpha value is -1.34. The number of hydrogen-bond donors (Lipinski definition) is 0. The molecule has 2 heterocycles. The van der Waals surface area contributed by atoms with Crippen LogP contribution in [0.25, 0.3) is 0 Å². The van der Waals surface area contributed by atoms with Crippen LogP contribution in [0.3, 0.4) is 0 Å². The molecule has 1 spiro atoms. The minimum atomic E-state index is -3.61. The molecular weight excluding hydrogens is 392 g/mol. The lowest BCUT2D eigenvalue weighted by atomic mass is 9.69. The number of fused-ring (bicyclic) bond motifs is 1. The van der Waals surface area contributed by atoms with Gasteiger partial charge in [-0.15, -0.1) is 11.8 Å². The van der Waals surface area contributed by atoms with Crippen LogP contribution in [-0.2, 0) is 14.8 Å². The summed E-state index contributed by atoms with van der Waals surface area (Å²) in [6.45, 7) is 6.19. The van der Waals surface area contributed by atoms with Gasteiger partial charge in [-0.05, 0) is 37.5 Å². The molecule has 4 atom stereocenters. The van der Waals surface area contributed by atoms with Gasteiger partial charge in [-0.1, -0.05) is 44.2 Å². The van der Waals surface area contributed by atoms with Gasteiger partial charge in [0.1, 0.15) is 5.54 Å². The molecule has 2 bridgehead atoms. The maximum Gasteiger partial charge on any atom is 0.264 e. The molecule has 150 valence electrons. The Morgan fingerprint density at radius 3 is 2.61 bits per heavy atom. The van der Waals surface area contributed by atoms with Crippen molar-refractivity contribution < 1.29 is 13.2 Å². The molecule has 7 heteroatoms. The summed E-state index contributed by atoms with van der Waals surface area (Å²) in [4.78, 5) is 18.3. The summed E-state index contributed by atoms with van der Waals surface area (Å²) in [7, 11) is -3.61. The van der Waals surface area contributed by atoms with Crippen LogP contribution in [0, 0.1) is 16.7 Å². The molecule has 2 aliphatic heterocycles. The van der Waals surface area contributed by atoms with E-state index in [0.717, 1.165) is 29.9 Å². The van der Waals surface area contributed by atoms with Crippen LogP contribution in [0.2, 0.25) is 0 Å². The maximum atomic E-state index is 13.6. The Balaban J connectivity index is 1.52. The normalized spacial score (nSPS) is 39.8. The first-order valence-corrected chi connectivity index (χ1v) is 12.5. The van der Waals surface area contributed by atoms with Crippen molar-refractivity contribution in [3.63, 3.8) is 0 Å². The molecule has 2 aliphatic carbocycles. The number of aliphatic imine (C=N–C) groups is 1. The van der Waals surface area contributed by atoms with Gasteiger partial charge in [-0.3, -0.25) is 9.79 Å². The van der Waals surface area contributed by atoms with Gasteiger partial charge in [-0.25, -0.2) is 12.7 Å². The molecule has 28 heavy (non-hydrogen) atoms. The van der Waals surface area contributed by atoms with Gasteiger partial charge in [-0.2, -0.15) is 0 Å². The Bertz CT molecular complexity index is 988. The number of benzene rings is 1. The van der Waals surface area contributed by atoms with Gasteiger partial charge in [0.05, 0.1) is 16.8 Å². The van der Waals surface area contributed by atoms with Crippen molar-refractivity contribution in [2.75, 3.05) is 11.5 Å². The van der Waals surface area contributed by atoms with E-state index in [1.165, 1.54) is 16.1 Å². The van der Waals surface area contributed by atoms with Crippen molar-refractivity contribution in [2.45, 2.75) is 51.6 Å². The van der Waals surface area contributed by atoms with Crippen molar-refractivity contribution >= 4 is 32.7 Å². The van der Waals surface area contributed by atoms with Crippen LogP contribution >= 0.6 is 11.8 Å². The highest BCUT2D eigenvalue weighted by Gasteiger charge is 2.73. The SMILES string of the molecule is CC1(C)[C@@H]2CC[C@]13CS(=O)(=O)N(C(=O)[C@]1(C)CSC(c4ccccc4)=N1)[C@@H]3C2. The summed E-state index contributed by atoms with van der Waals surface area (Å²) in [5.74, 6) is 0.751. The molecule has 3 fully saturated rings. The van der Waals surface area contributed by atoms with Gasteiger partial charge in [0.2, 0.25) is 10.0 Å². The fraction of sp³-hybridized carbons (Fsp3) is 0.619. The lowest BCUT2D eigenvalue weighted by Crippen LogP contribution is -2.52. The van der Waals surface area contributed by atoms with E-state index in [4.69, 9.17) is 4.99 Å². The highest BCUT2D eigenvalue weighted by molar-refractivity contribution is 8.14. The number of thioether (sulfide) groups is 1. The predicted molar refractivity (Wildman–Crippen MR) is 112 cm³/mol. The average molecular weight is 419 g/mol. The quantitative estimate of drug-likeness (QED) is 0.739. The molecule has 0 aromatic heterocycles. The second-order valence-electron chi connectivity index (χ2n) is 9.57. The monoisotopic (exact) mass is 418 g/mol. The molecule has 2 saturated carbocycles. The third-order valence-corrected chi connectivity index (χ3v) is 11.1. The number of carbonyl (C=O) groups excluding carboxylic acids is 1. The zero-order valence-corrected chi connectivity index (χ0v) is 18.1. The molecule has 0 unspecified atom stereocenters. The molecule has 0 radical (unpaired) electrons. The number of nitrogens with zero attached hydrogens (tertiary/aromatic N) is 2. The van der Waals surface area contributed by atoms with E-state index < -0.39 is 15.6 Å². The van der Waals surface area contributed by atoms with Gasteiger partial charge in [0.15, 0.2) is 0 Å². The van der Waals surface area contributed by atoms with Gasteiger partial charge < -0.3 is 0 Å². The predicted octanol–water partition coefficient (Wildman–Crippen LogP) is 3.31. The fourth-order valence-corrected chi connectivity index (χ4v) is 9.93. The second kappa shape index (κ2) is 5.63. The van der Waals surface area contributed by atoms with Crippen LogP contribution in [0.1, 0.15) is 45.6 Å². The molecule has 4 aliphatic rings. The van der Waals surface area contributed by atoms with Crippen molar-refractivity contribution in [1.82, 2.24) is 4.31 Å². The largest absolute Gasteiger partial charge is 0.271 e. The number of amides is 1. The zero-order valence-electron chi connectivity index (χ0n) is 16.5. The lowest BCUT2D eigenvalue weighted by Gasteiger charge is -2.37. The minimum absolute atomic E-state index is 0.0381. The van der Waals surface area contributed by atoms with Crippen molar-refractivity contribution in [3.05, 3.63) is 35.9 Å². The van der Waals surface area contributed by atoms with Gasteiger partial charge in [0.25, 0.3) is 5.91 Å². The maximum absolute atomic E-state index is 13.6. The molecule has 5 rings (SSSR count). The summed E-state index contributed by atoms with van der Waals surface area (Å²) in [5, 5.41) is 0.816. The molecule has 0 N–H and O–H groups in total. The summed E-state index contributed by atoms with van der Waals surface area (Å²) in [5.41, 5.74) is -0.379. The van der Waals surface area contributed by atoms with Crippen LogP contribution in [-0.4, -0.2) is 46.8 Å². The second-order valence-corrected chi connectivity index (χ2v) is 12.4. The molecule has 1 saturated heterocycles. The average Bonchev–Trinajstić information content (AvgIpc) is 3.29. The lowest BCUT2D eigenvalue weighted by molar-refractivity contribution is -0.133.